The smallest absolute Gasteiger partial charge is 0.262 e. The number of amides is 2. The summed E-state index contributed by atoms with van der Waals surface area (Å²) in [4.78, 5) is 23.3. The second-order valence-electron chi connectivity index (χ2n) is 6.71. The highest BCUT2D eigenvalue weighted by Crippen LogP contribution is 2.22. The lowest BCUT2D eigenvalue weighted by Gasteiger charge is -2.25. The number of primary amides is 1. The molecule has 8 nitrogen and oxygen atoms in total. The third-order valence-electron chi connectivity index (χ3n) is 4.60. The van der Waals surface area contributed by atoms with Gasteiger partial charge in [0, 0.05) is 24.3 Å². The van der Waals surface area contributed by atoms with Gasteiger partial charge in [0.2, 0.25) is 15.9 Å². The molecule has 2 aromatic rings. The zero-order valence-electron chi connectivity index (χ0n) is 15.8. The van der Waals surface area contributed by atoms with E-state index in [4.69, 9.17) is 10.5 Å². The van der Waals surface area contributed by atoms with E-state index in [9.17, 15) is 18.0 Å². The van der Waals surface area contributed by atoms with Crippen LogP contribution in [0.2, 0.25) is 0 Å². The number of ether oxygens (including phenoxy) is 1. The first-order valence-electron chi connectivity index (χ1n) is 9.29. The van der Waals surface area contributed by atoms with Crippen LogP contribution in [-0.4, -0.2) is 44.2 Å². The van der Waals surface area contributed by atoms with Gasteiger partial charge in [-0.3, -0.25) is 9.59 Å². The second kappa shape index (κ2) is 9.06. The van der Waals surface area contributed by atoms with Gasteiger partial charge in [-0.05, 0) is 61.4 Å². The van der Waals surface area contributed by atoms with E-state index in [2.05, 4.69) is 5.32 Å². The molecule has 1 heterocycles. The molecule has 2 aromatic carbocycles. The van der Waals surface area contributed by atoms with Crippen molar-refractivity contribution in [1.29, 1.82) is 0 Å². The maximum absolute atomic E-state index is 12.6. The number of piperidine rings is 1. The number of nitrogens with two attached hydrogens (primary N) is 1. The molecule has 3 rings (SSSR count). The zero-order valence-corrected chi connectivity index (χ0v) is 16.7. The molecular weight excluding hydrogens is 394 g/mol. The van der Waals surface area contributed by atoms with Crippen LogP contribution >= 0.6 is 0 Å². The molecule has 1 aliphatic rings. The summed E-state index contributed by atoms with van der Waals surface area (Å²) >= 11 is 0. The minimum absolute atomic E-state index is 0.211. The summed E-state index contributed by atoms with van der Waals surface area (Å²) in [5.41, 5.74) is 5.99. The molecule has 9 heteroatoms. The number of rotatable bonds is 7. The van der Waals surface area contributed by atoms with Crippen LogP contribution in [0.4, 0.5) is 5.69 Å². The van der Waals surface area contributed by atoms with Gasteiger partial charge in [-0.25, -0.2) is 8.42 Å². The Morgan fingerprint density at radius 1 is 0.966 bits per heavy atom. The molecule has 1 saturated heterocycles. The van der Waals surface area contributed by atoms with Gasteiger partial charge < -0.3 is 15.8 Å². The topological polar surface area (TPSA) is 119 Å². The van der Waals surface area contributed by atoms with Crippen LogP contribution in [0, 0.1) is 0 Å². The number of hydrogen-bond acceptors (Lipinski definition) is 5. The number of nitrogens with zero attached hydrogens (tertiary/aromatic N) is 1. The van der Waals surface area contributed by atoms with Crippen molar-refractivity contribution in [2.24, 2.45) is 5.73 Å². The molecule has 0 atom stereocenters. The number of hydrogen-bond donors (Lipinski definition) is 2. The quantitative estimate of drug-likeness (QED) is 0.714. The first kappa shape index (κ1) is 20.8. The molecule has 0 saturated carbocycles. The fourth-order valence-corrected chi connectivity index (χ4v) is 4.54. The van der Waals surface area contributed by atoms with E-state index in [0.29, 0.717) is 30.1 Å². The predicted molar refractivity (Wildman–Crippen MR) is 108 cm³/mol. The Hall–Kier alpha value is -2.91. The van der Waals surface area contributed by atoms with E-state index < -0.39 is 21.8 Å². The van der Waals surface area contributed by atoms with Gasteiger partial charge in [-0.2, -0.15) is 4.31 Å². The van der Waals surface area contributed by atoms with Crippen LogP contribution < -0.4 is 15.8 Å². The normalized spacial score (nSPS) is 14.9. The van der Waals surface area contributed by atoms with Crippen LogP contribution in [0.3, 0.4) is 0 Å². The Bertz CT molecular complexity index is 966. The van der Waals surface area contributed by atoms with E-state index in [0.717, 1.165) is 19.3 Å². The zero-order chi connectivity index (χ0) is 20.9. The Morgan fingerprint density at radius 3 is 2.17 bits per heavy atom. The fourth-order valence-electron chi connectivity index (χ4n) is 3.03. The molecule has 0 bridgehead atoms. The molecule has 0 radical (unpaired) electrons. The van der Waals surface area contributed by atoms with Crippen LogP contribution in [0.15, 0.2) is 53.4 Å². The van der Waals surface area contributed by atoms with Gasteiger partial charge in [0.05, 0.1) is 4.90 Å². The van der Waals surface area contributed by atoms with Crippen LogP contribution in [0.25, 0.3) is 0 Å². The fraction of sp³-hybridized carbons (Fsp3) is 0.300. The highest BCUT2D eigenvalue weighted by atomic mass is 32.2. The first-order valence-corrected chi connectivity index (χ1v) is 10.7. The summed E-state index contributed by atoms with van der Waals surface area (Å²) in [6.45, 7) is 0.848. The monoisotopic (exact) mass is 417 g/mol. The minimum atomic E-state index is -3.50. The summed E-state index contributed by atoms with van der Waals surface area (Å²) in [5.74, 6) is -0.510. The van der Waals surface area contributed by atoms with E-state index in [1.807, 2.05) is 0 Å². The average Bonchev–Trinajstić information content (AvgIpc) is 2.73. The molecule has 154 valence electrons. The van der Waals surface area contributed by atoms with Gasteiger partial charge in [0.1, 0.15) is 5.75 Å². The number of carbonyl (C=O) groups excluding carboxylic acids is 2. The molecule has 1 aliphatic heterocycles. The summed E-state index contributed by atoms with van der Waals surface area (Å²) in [6.07, 6.45) is 2.80. The maximum Gasteiger partial charge on any atom is 0.262 e. The van der Waals surface area contributed by atoms with Gasteiger partial charge >= 0.3 is 0 Å². The Labute approximate surface area is 169 Å². The summed E-state index contributed by atoms with van der Waals surface area (Å²) in [5, 5.41) is 2.65. The first-order chi connectivity index (χ1) is 13.9. The highest BCUT2D eigenvalue weighted by Gasteiger charge is 2.25. The van der Waals surface area contributed by atoms with Crippen LogP contribution in [-0.2, 0) is 14.8 Å². The molecule has 0 aliphatic carbocycles. The van der Waals surface area contributed by atoms with Gasteiger partial charge in [-0.15, -0.1) is 0 Å². The lowest BCUT2D eigenvalue weighted by Crippen LogP contribution is -2.35. The van der Waals surface area contributed by atoms with Crippen LogP contribution in [0.1, 0.15) is 29.6 Å². The van der Waals surface area contributed by atoms with E-state index in [1.54, 1.807) is 24.3 Å². The number of benzene rings is 2. The molecule has 2 amide bonds. The number of sulfonamides is 1. The molecule has 0 aromatic heterocycles. The summed E-state index contributed by atoms with van der Waals surface area (Å²) < 4.78 is 32.1. The minimum Gasteiger partial charge on any atom is -0.484 e. The van der Waals surface area contributed by atoms with Crippen molar-refractivity contribution in [3.05, 3.63) is 54.1 Å². The molecule has 3 N–H and O–H groups in total. The van der Waals surface area contributed by atoms with Crippen molar-refractivity contribution >= 4 is 27.5 Å². The molecule has 29 heavy (non-hydrogen) atoms. The lowest BCUT2D eigenvalue weighted by atomic mass is 10.2. The van der Waals surface area contributed by atoms with Crippen molar-refractivity contribution < 1.29 is 22.7 Å². The Morgan fingerprint density at radius 2 is 1.59 bits per heavy atom. The third-order valence-corrected chi connectivity index (χ3v) is 6.51. The molecule has 0 unspecified atom stereocenters. The van der Waals surface area contributed by atoms with Gasteiger partial charge in [-0.1, -0.05) is 6.42 Å². The summed E-state index contributed by atoms with van der Waals surface area (Å²) in [6, 6.07) is 12.2. The molecular formula is C20H23N3O5S. The maximum atomic E-state index is 12.6. The van der Waals surface area contributed by atoms with E-state index >= 15 is 0 Å². The standard InChI is InChI=1S/C20H23N3O5S/c21-20(25)15-4-8-17(9-5-15)28-14-19(24)22-16-6-10-18(11-7-16)29(26,27)23-12-2-1-3-13-23/h4-11H,1-3,12-14H2,(H2,21,25)(H,22,24). The van der Waals surface area contributed by atoms with Crippen molar-refractivity contribution in [2.45, 2.75) is 24.2 Å². The molecule has 0 spiro atoms. The second-order valence-corrected chi connectivity index (χ2v) is 8.65. The predicted octanol–water partition coefficient (Wildman–Crippen LogP) is 1.98. The number of nitrogens with one attached hydrogen (secondary N) is 1. The van der Waals surface area contributed by atoms with Crippen molar-refractivity contribution in [2.75, 3.05) is 25.0 Å². The largest absolute Gasteiger partial charge is 0.484 e. The SMILES string of the molecule is NC(=O)c1ccc(OCC(=O)Nc2ccc(S(=O)(=O)N3CCCCC3)cc2)cc1. The van der Waals surface area contributed by atoms with E-state index in [1.165, 1.54) is 28.6 Å². The summed E-state index contributed by atoms with van der Waals surface area (Å²) in [7, 11) is -3.50. The number of anilines is 1. The lowest BCUT2D eigenvalue weighted by molar-refractivity contribution is -0.118. The molecule has 1 fully saturated rings. The van der Waals surface area contributed by atoms with E-state index in [-0.39, 0.29) is 11.5 Å². The van der Waals surface area contributed by atoms with Gasteiger partial charge in [0.25, 0.3) is 5.91 Å². The van der Waals surface area contributed by atoms with Gasteiger partial charge in [0.15, 0.2) is 6.61 Å². The van der Waals surface area contributed by atoms with Crippen LogP contribution in [0.5, 0.6) is 5.75 Å². The van der Waals surface area contributed by atoms with Crippen molar-refractivity contribution in [3.63, 3.8) is 0 Å². The Kier molecular flexibility index (Phi) is 6.50. The Balaban J connectivity index is 1.55. The average molecular weight is 417 g/mol. The number of carbonyl (C=O) groups is 2. The highest BCUT2D eigenvalue weighted by molar-refractivity contribution is 7.89. The third kappa shape index (κ3) is 5.33. The van der Waals surface area contributed by atoms with Crippen molar-refractivity contribution in [1.82, 2.24) is 4.31 Å². The van der Waals surface area contributed by atoms with Crippen molar-refractivity contribution in [3.8, 4) is 5.75 Å².